The minimum absolute atomic E-state index is 0.504. The average molecular weight is 214 g/mol. The van der Waals surface area contributed by atoms with Gasteiger partial charge in [0.1, 0.15) is 0 Å². The van der Waals surface area contributed by atoms with E-state index < -0.39 is 0 Å². The molecule has 2 N–H and O–H groups in total. The molecule has 3 heteroatoms. The molecule has 0 aliphatic carbocycles. The number of rotatable bonds is 6. The molecule has 1 atom stereocenters. The fraction of sp³-hybridized carbons (Fsp3) is 1.00. The van der Waals surface area contributed by atoms with E-state index in [-0.39, 0.29) is 0 Å². The van der Waals surface area contributed by atoms with Crippen molar-refractivity contribution in [2.45, 2.75) is 38.7 Å². The van der Waals surface area contributed by atoms with Crippen LogP contribution >= 0.6 is 0 Å². The van der Waals surface area contributed by atoms with Crippen molar-refractivity contribution < 1.29 is 4.74 Å². The molecule has 3 nitrogen and oxygen atoms in total. The summed E-state index contributed by atoms with van der Waals surface area (Å²) in [5.74, 6) is 0.682. The van der Waals surface area contributed by atoms with Crippen LogP contribution in [0.15, 0.2) is 0 Å². The van der Waals surface area contributed by atoms with Crippen molar-refractivity contribution in [3.8, 4) is 0 Å². The van der Waals surface area contributed by atoms with Gasteiger partial charge in [0.15, 0.2) is 0 Å². The molecule has 1 rings (SSSR count). The molecule has 90 valence electrons. The van der Waals surface area contributed by atoms with Gasteiger partial charge in [-0.25, -0.2) is 0 Å². The number of nitrogens with two attached hydrogens (primary N) is 1. The van der Waals surface area contributed by atoms with Gasteiger partial charge in [0.05, 0.1) is 6.10 Å². The van der Waals surface area contributed by atoms with Crippen LogP contribution in [0.5, 0.6) is 0 Å². The first-order chi connectivity index (χ1) is 7.26. The van der Waals surface area contributed by atoms with Gasteiger partial charge >= 0.3 is 0 Å². The first kappa shape index (κ1) is 12.9. The third-order valence-electron chi connectivity index (χ3n) is 3.44. The third-order valence-corrected chi connectivity index (χ3v) is 3.44. The minimum atomic E-state index is 0.504. The van der Waals surface area contributed by atoms with Gasteiger partial charge in [-0.15, -0.1) is 0 Å². The predicted octanol–water partition coefficient (Wildman–Crippen LogP) is 1.47. The molecule has 0 aromatic rings. The molecule has 1 saturated heterocycles. The third kappa shape index (κ3) is 4.96. The maximum atomic E-state index is 5.60. The average Bonchev–Trinajstić information content (AvgIpc) is 2.29. The van der Waals surface area contributed by atoms with Crippen molar-refractivity contribution in [1.82, 2.24) is 4.90 Å². The van der Waals surface area contributed by atoms with Crippen molar-refractivity contribution in [3.63, 3.8) is 0 Å². The van der Waals surface area contributed by atoms with Gasteiger partial charge in [-0.05, 0) is 44.7 Å². The molecule has 1 aliphatic rings. The molecule has 0 radical (unpaired) electrons. The number of likely N-dealkylation sites (tertiary alicyclic amines) is 1. The van der Waals surface area contributed by atoms with Gasteiger partial charge in [0.25, 0.3) is 0 Å². The molecule has 1 fully saturated rings. The zero-order valence-electron chi connectivity index (χ0n) is 10.2. The lowest BCUT2D eigenvalue weighted by atomic mass is 10.0. The predicted molar refractivity (Wildman–Crippen MR) is 63.9 cm³/mol. The topological polar surface area (TPSA) is 38.5 Å². The second kappa shape index (κ2) is 7.20. The lowest BCUT2D eigenvalue weighted by Gasteiger charge is -2.31. The highest BCUT2D eigenvalue weighted by molar-refractivity contribution is 4.72. The Morgan fingerprint density at radius 3 is 2.60 bits per heavy atom. The summed E-state index contributed by atoms with van der Waals surface area (Å²) < 4.78 is 5.36. The first-order valence-corrected chi connectivity index (χ1v) is 6.21. The lowest BCUT2D eigenvalue weighted by Crippen LogP contribution is -2.37. The Hall–Kier alpha value is -0.120. The van der Waals surface area contributed by atoms with Crippen LogP contribution in [-0.4, -0.2) is 44.3 Å². The number of nitrogens with zero attached hydrogens (tertiary/aromatic N) is 1. The Morgan fingerprint density at radius 2 is 2.07 bits per heavy atom. The highest BCUT2D eigenvalue weighted by Crippen LogP contribution is 2.14. The molecule has 1 unspecified atom stereocenters. The highest BCUT2D eigenvalue weighted by atomic mass is 16.5. The van der Waals surface area contributed by atoms with E-state index in [0.717, 1.165) is 6.54 Å². The van der Waals surface area contributed by atoms with Crippen molar-refractivity contribution in [3.05, 3.63) is 0 Å². The molecule has 15 heavy (non-hydrogen) atoms. The smallest absolute Gasteiger partial charge is 0.0595 e. The van der Waals surface area contributed by atoms with E-state index in [1.54, 1.807) is 0 Å². The Kier molecular flexibility index (Phi) is 6.22. The Morgan fingerprint density at radius 1 is 1.40 bits per heavy atom. The van der Waals surface area contributed by atoms with Crippen molar-refractivity contribution >= 4 is 0 Å². The van der Waals surface area contributed by atoms with Gasteiger partial charge < -0.3 is 15.4 Å². The Bertz CT molecular complexity index is 156. The van der Waals surface area contributed by atoms with Crippen LogP contribution in [0.2, 0.25) is 0 Å². The molecule has 0 spiro atoms. The molecule has 1 heterocycles. The Labute approximate surface area is 94.0 Å². The molecule has 0 amide bonds. The zero-order chi connectivity index (χ0) is 11.1. The summed E-state index contributed by atoms with van der Waals surface area (Å²) in [5, 5.41) is 0. The maximum Gasteiger partial charge on any atom is 0.0595 e. The summed E-state index contributed by atoms with van der Waals surface area (Å²) in [4.78, 5) is 2.55. The van der Waals surface area contributed by atoms with Crippen LogP contribution in [0.4, 0.5) is 0 Å². The normalized spacial score (nSPS) is 21.8. The fourth-order valence-electron chi connectivity index (χ4n) is 2.15. The quantitative estimate of drug-likeness (QED) is 0.728. The van der Waals surface area contributed by atoms with Gasteiger partial charge in [-0.3, -0.25) is 0 Å². The van der Waals surface area contributed by atoms with Crippen LogP contribution in [0.25, 0.3) is 0 Å². The second-order valence-corrected chi connectivity index (χ2v) is 4.76. The van der Waals surface area contributed by atoms with E-state index in [1.165, 1.54) is 45.3 Å². The summed E-state index contributed by atoms with van der Waals surface area (Å²) in [5.41, 5.74) is 5.60. The summed E-state index contributed by atoms with van der Waals surface area (Å²) in [7, 11) is 1.82. The fourth-order valence-corrected chi connectivity index (χ4v) is 2.15. The van der Waals surface area contributed by atoms with E-state index in [9.17, 15) is 0 Å². The van der Waals surface area contributed by atoms with E-state index >= 15 is 0 Å². The molecule has 0 aromatic heterocycles. The zero-order valence-corrected chi connectivity index (χ0v) is 10.2. The van der Waals surface area contributed by atoms with E-state index in [2.05, 4.69) is 11.8 Å². The Balaban J connectivity index is 2.03. The summed E-state index contributed by atoms with van der Waals surface area (Å²) >= 11 is 0. The minimum Gasteiger partial charge on any atom is -0.381 e. The molecule has 0 bridgehead atoms. The molecule has 1 aliphatic heterocycles. The first-order valence-electron chi connectivity index (χ1n) is 6.21. The maximum absolute atomic E-state index is 5.60. The van der Waals surface area contributed by atoms with Crippen molar-refractivity contribution in [1.29, 1.82) is 0 Å². The van der Waals surface area contributed by atoms with Gasteiger partial charge in [-0.2, -0.15) is 0 Å². The lowest BCUT2D eigenvalue weighted by molar-refractivity contribution is 0.0405. The van der Waals surface area contributed by atoms with E-state index in [1.807, 2.05) is 7.11 Å². The number of ether oxygens (including phenoxy) is 1. The largest absolute Gasteiger partial charge is 0.381 e. The molecule has 0 saturated carbocycles. The van der Waals surface area contributed by atoms with Crippen LogP contribution in [0.1, 0.15) is 32.6 Å². The standard InChI is InChI=1S/C12H26N2O/c1-11(10-13)4-3-7-14-8-5-12(15-2)6-9-14/h11-12H,3-10,13H2,1-2H3. The second-order valence-electron chi connectivity index (χ2n) is 4.76. The SMILES string of the molecule is COC1CCN(CCCC(C)CN)CC1. The van der Waals surface area contributed by atoms with Gasteiger partial charge in [0.2, 0.25) is 0 Å². The molecular formula is C12H26N2O. The van der Waals surface area contributed by atoms with Crippen molar-refractivity contribution in [2.75, 3.05) is 33.3 Å². The molecule has 0 aromatic carbocycles. The summed E-state index contributed by atoms with van der Waals surface area (Å²) in [6.07, 6.45) is 5.45. The van der Waals surface area contributed by atoms with Crippen molar-refractivity contribution in [2.24, 2.45) is 11.7 Å². The highest BCUT2D eigenvalue weighted by Gasteiger charge is 2.17. The van der Waals surface area contributed by atoms with Crippen LogP contribution in [0.3, 0.4) is 0 Å². The monoisotopic (exact) mass is 214 g/mol. The van der Waals surface area contributed by atoms with Gasteiger partial charge in [0, 0.05) is 20.2 Å². The summed E-state index contributed by atoms with van der Waals surface area (Å²) in [6, 6.07) is 0. The number of methoxy groups -OCH3 is 1. The number of piperidine rings is 1. The van der Waals surface area contributed by atoms with E-state index in [4.69, 9.17) is 10.5 Å². The summed E-state index contributed by atoms with van der Waals surface area (Å²) in [6.45, 7) is 6.70. The van der Waals surface area contributed by atoms with Crippen LogP contribution in [-0.2, 0) is 4.74 Å². The number of hydrogen-bond acceptors (Lipinski definition) is 3. The van der Waals surface area contributed by atoms with Crippen LogP contribution < -0.4 is 5.73 Å². The van der Waals surface area contributed by atoms with Gasteiger partial charge in [-0.1, -0.05) is 6.92 Å². The number of hydrogen-bond donors (Lipinski definition) is 1. The van der Waals surface area contributed by atoms with Crippen LogP contribution in [0, 0.1) is 5.92 Å². The van der Waals surface area contributed by atoms with E-state index in [0.29, 0.717) is 12.0 Å². The molecular weight excluding hydrogens is 188 g/mol.